The highest BCUT2D eigenvalue weighted by Crippen LogP contribution is 2.38. The minimum absolute atomic E-state index is 0.00389. The Bertz CT molecular complexity index is 807. The van der Waals surface area contributed by atoms with Crippen LogP contribution in [0, 0.1) is 0 Å². The molecule has 0 N–H and O–H groups in total. The molecule has 0 aliphatic carbocycles. The molecule has 3 atom stereocenters. The lowest BCUT2D eigenvalue weighted by Gasteiger charge is -2.43. The average molecular weight is 425 g/mol. The van der Waals surface area contributed by atoms with Crippen molar-refractivity contribution in [2.75, 3.05) is 6.61 Å². The molecule has 0 aromatic heterocycles. The van der Waals surface area contributed by atoms with E-state index in [1.54, 1.807) is 0 Å². The molecule has 2 fully saturated rings. The first-order chi connectivity index (χ1) is 14.4. The number of hydrogen-bond acceptors (Lipinski definition) is 4. The minimum Gasteiger partial charge on any atom is -0.460 e. The zero-order valence-corrected chi connectivity index (χ0v) is 19.2. The molecule has 0 radical (unpaired) electrons. The number of carbonyl (C=O) groups excluding carboxylic acids is 1. The average Bonchev–Trinajstić information content (AvgIpc) is 3.38. The molecule has 5 heteroatoms. The smallest absolute Gasteiger partial charge is 0.306 e. The van der Waals surface area contributed by atoms with E-state index < -0.39 is 8.32 Å². The second-order valence-corrected chi connectivity index (χ2v) is 13.7. The largest absolute Gasteiger partial charge is 0.460 e. The van der Waals surface area contributed by atoms with Crippen molar-refractivity contribution >= 4 is 24.7 Å². The number of esters is 1. The number of carbonyl (C=O) groups is 1. The van der Waals surface area contributed by atoms with Crippen LogP contribution in [-0.4, -0.2) is 39.2 Å². The lowest BCUT2D eigenvalue weighted by molar-refractivity contribution is -0.147. The summed E-state index contributed by atoms with van der Waals surface area (Å²) in [5, 5.41) is 2.51. The number of benzene rings is 2. The molecule has 0 amide bonds. The number of ether oxygens (including phenoxy) is 2. The maximum atomic E-state index is 11.5. The molecule has 4 rings (SSSR count). The lowest BCUT2D eigenvalue weighted by atomic mass is 10.1. The molecule has 2 aromatic rings. The standard InChI is InChI=1S/C25H32O4Si/c1-25(2,3)30(20-10-6-4-7-11-20,21-12-8-5-9-13-21)27-18-19-14-15-22(28-19)23-16-17-24(26)29-23/h4-13,19,22-23H,14-18H2,1-3H3/t19-,22-,23-/m0/s1. The highest BCUT2D eigenvalue weighted by molar-refractivity contribution is 6.99. The van der Waals surface area contributed by atoms with E-state index >= 15 is 0 Å². The van der Waals surface area contributed by atoms with Gasteiger partial charge >= 0.3 is 5.97 Å². The van der Waals surface area contributed by atoms with Crippen molar-refractivity contribution in [1.82, 2.24) is 0 Å². The Morgan fingerprint density at radius 1 is 0.900 bits per heavy atom. The Morgan fingerprint density at radius 3 is 2.00 bits per heavy atom. The van der Waals surface area contributed by atoms with Gasteiger partial charge in [0.25, 0.3) is 8.32 Å². The molecular weight excluding hydrogens is 392 g/mol. The fourth-order valence-corrected chi connectivity index (χ4v) is 9.51. The Balaban J connectivity index is 1.57. The third-order valence-corrected chi connectivity index (χ3v) is 11.4. The topological polar surface area (TPSA) is 44.8 Å². The van der Waals surface area contributed by atoms with Crippen molar-refractivity contribution in [1.29, 1.82) is 0 Å². The maximum absolute atomic E-state index is 11.5. The van der Waals surface area contributed by atoms with Crippen molar-refractivity contribution in [3.63, 3.8) is 0 Å². The molecule has 4 nitrogen and oxygen atoms in total. The highest BCUT2D eigenvalue weighted by atomic mass is 28.4. The van der Waals surface area contributed by atoms with Gasteiger partial charge in [-0.05, 0) is 34.7 Å². The van der Waals surface area contributed by atoms with Crippen LogP contribution in [0.25, 0.3) is 0 Å². The van der Waals surface area contributed by atoms with Crippen molar-refractivity contribution in [2.24, 2.45) is 0 Å². The molecule has 0 saturated carbocycles. The monoisotopic (exact) mass is 424 g/mol. The number of cyclic esters (lactones) is 1. The van der Waals surface area contributed by atoms with Gasteiger partial charge in [-0.15, -0.1) is 0 Å². The summed E-state index contributed by atoms with van der Waals surface area (Å²) in [5.41, 5.74) is 0. The van der Waals surface area contributed by atoms with Gasteiger partial charge < -0.3 is 13.9 Å². The second-order valence-electron chi connectivity index (χ2n) is 9.42. The minimum atomic E-state index is -2.55. The van der Waals surface area contributed by atoms with Gasteiger partial charge in [-0.25, -0.2) is 0 Å². The molecule has 2 aliphatic heterocycles. The molecule has 0 bridgehead atoms. The molecule has 2 saturated heterocycles. The normalized spacial score (nSPS) is 24.8. The van der Waals surface area contributed by atoms with E-state index in [4.69, 9.17) is 13.9 Å². The fourth-order valence-electron chi connectivity index (χ4n) is 4.92. The van der Waals surface area contributed by atoms with Gasteiger partial charge in [-0.3, -0.25) is 4.79 Å². The lowest BCUT2D eigenvalue weighted by Crippen LogP contribution is -2.67. The van der Waals surface area contributed by atoms with Crippen molar-refractivity contribution in [2.45, 2.75) is 69.8 Å². The fraction of sp³-hybridized carbons (Fsp3) is 0.480. The van der Waals surface area contributed by atoms with Gasteiger partial charge in [0.1, 0.15) is 6.10 Å². The molecular formula is C25H32O4Si. The van der Waals surface area contributed by atoms with E-state index in [1.807, 2.05) is 0 Å². The number of rotatable bonds is 6. The van der Waals surface area contributed by atoms with Gasteiger partial charge in [0.05, 0.1) is 18.8 Å². The van der Waals surface area contributed by atoms with Crippen molar-refractivity contribution < 1.29 is 18.7 Å². The zero-order valence-electron chi connectivity index (χ0n) is 18.2. The van der Waals surface area contributed by atoms with Crippen LogP contribution in [0.5, 0.6) is 0 Å². The van der Waals surface area contributed by atoms with E-state index in [0.29, 0.717) is 13.0 Å². The van der Waals surface area contributed by atoms with Gasteiger partial charge in [0.15, 0.2) is 0 Å². The van der Waals surface area contributed by atoms with Gasteiger partial charge in [0.2, 0.25) is 0 Å². The molecule has 0 unspecified atom stereocenters. The van der Waals surface area contributed by atoms with Crippen molar-refractivity contribution in [3.8, 4) is 0 Å². The Labute approximate surface area is 180 Å². The third kappa shape index (κ3) is 4.11. The second kappa shape index (κ2) is 8.65. The Morgan fingerprint density at radius 2 is 1.50 bits per heavy atom. The molecule has 2 heterocycles. The predicted octanol–water partition coefficient (Wildman–Crippen LogP) is 3.82. The molecule has 2 aliphatic rings. The summed E-state index contributed by atoms with van der Waals surface area (Å²) in [7, 11) is -2.55. The Kier molecular flexibility index (Phi) is 6.14. The first kappa shape index (κ1) is 21.3. The van der Waals surface area contributed by atoms with Gasteiger partial charge in [0, 0.05) is 6.42 Å². The van der Waals surface area contributed by atoms with Crippen LogP contribution in [0.2, 0.25) is 5.04 Å². The maximum Gasteiger partial charge on any atom is 0.306 e. The van der Waals surface area contributed by atoms with Crippen molar-refractivity contribution in [3.05, 3.63) is 60.7 Å². The van der Waals surface area contributed by atoms with E-state index in [1.165, 1.54) is 10.4 Å². The van der Waals surface area contributed by atoms with Gasteiger partial charge in [-0.2, -0.15) is 0 Å². The van der Waals surface area contributed by atoms with Crippen LogP contribution >= 0.6 is 0 Å². The Hall–Kier alpha value is -1.95. The van der Waals surface area contributed by atoms with E-state index in [-0.39, 0.29) is 29.3 Å². The summed E-state index contributed by atoms with van der Waals surface area (Å²) in [4.78, 5) is 11.5. The number of hydrogen-bond donors (Lipinski definition) is 0. The summed E-state index contributed by atoms with van der Waals surface area (Å²) in [6, 6.07) is 21.4. The molecule has 0 spiro atoms. The summed E-state index contributed by atoms with van der Waals surface area (Å²) in [5.74, 6) is -0.101. The van der Waals surface area contributed by atoms with Crippen LogP contribution in [0.1, 0.15) is 46.5 Å². The summed E-state index contributed by atoms with van der Waals surface area (Å²) >= 11 is 0. The molecule has 2 aromatic carbocycles. The third-order valence-electron chi connectivity index (χ3n) is 6.37. The van der Waals surface area contributed by atoms with Gasteiger partial charge in [-0.1, -0.05) is 81.4 Å². The quantitative estimate of drug-likeness (QED) is 0.522. The zero-order chi connectivity index (χ0) is 21.2. The van der Waals surface area contributed by atoms with Crippen LogP contribution in [-0.2, 0) is 18.7 Å². The summed E-state index contributed by atoms with van der Waals surface area (Å²) in [6.45, 7) is 7.42. The van der Waals surface area contributed by atoms with E-state index in [9.17, 15) is 4.79 Å². The van der Waals surface area contributed by atoms with Crippen LogP contribution < -0.4 is 10.4 Å². The summed E-state index contributed by atoms with van der Waals surface area (Å²) in [6.07, 6.45) is 3.10. The van der Waals surface area contributed by atoms with Crippen LogP contribution in [0.4, 0.5) is 0 Å². The molecule has 160 valence electrons. The van der Waals surface area contributed by atoms with Crippen LogP contribution in [0.15, 0.2) is 60.7 Å². The SMILES string of the molecule is CC(C)(C)[Si](OC[C@@H]1CC[C@@H]([C@@H]2CCC(=O)O2)O1)(c1ccccc1)c1ccccc1. The summed E-state index contributed by atoms with van der Waals surface area (Å²) < 4.78 is 18.7. The first-order valence-corrected chi connectivity index (χ1v) is 12.9. The van der Waals surface area contributed by atoms with Crippen LogP contribution in [0.3, 0.4) is 0 Å². The molecule has 30 heavy (non-hydrogen) atoms. The predicted molar refractivity (Wildman–Crippen MR) is 121 cm³/mol. The van der Waals surface area contributed by atoms with E-state index in [0.717, 1.165) is 19.3 Å². The highest BCUT2D eigenvalue weighted by Gasteiger charge is 2.50. The van der Waals surface area contributed by atoms with E-state index in [2.05, 4.69) is 81.4 Å². The first-order valence-electron chi connectivity index (χ1n) is 11.0.